The maximum absolute atomic E-state index is 9.76. The first-order valence-corrected chi connectivity index (χ1v) is 5.37. The lowest BCUT2D eigenvalue weighted by Crippen LogP contribution is -1.90. The minimum atomic E-state index is 0.110. The summed E-state index contributed by atoms with van der Waals surface area (Å²) in [6.45, 7) is 0. The average molecular weight is 254 g/mol. The van der Waals surface area contributed by atoms with Crippen molar-refractivity contribution in [2.24, 2.45) is 0 Å². The third-order valence-electron chi connectivity index (χ3n) is 2.23. The molecule has 0 bridgehead atoms. The Kier molecular flexibility index (Phi) is 2.95. The highest BCUT2D eigenvalue weighted by atomic mass is 35.5. The molecule has 3 N–H and O–H groups in total. The van der Waals surface area contributed by atoms with E-state index in [9.17, 15) is 5.11 Å². The number of nitrogens with two attached hydrogens (primary N) is 1. The molecular weight excluding hydrogens is 245 g/mol. The standard InChI is InChI=1S/C12H9Cl2NO/c13-8-4-7(5-9(14)6-8)12-10(15)2-1-3-11(12)16/h1-6,16H,15H2. The van der Waals surface area contributed by atoms with E-state index in [-0.39, 0.29) is 5.75 Å². The van der Waals surface area contributed by atoms with Gasteiger partial charge in [0, 0.05) is 21.3 Å². The largest absolute Gasteiger partial charge is 0.507 e. The van der Waals surface area contributed by atoms with E-state index in [1.165, 1.54) is 0 Å². The summed E-state index contributed by atoms with van der Waals surface area (Å²) in [7, 11) is 0. The first kappa shape index (κ1) is 11.1. The number of phenols is 1. The minimum Gasteiger partial charge on any atom is -0.507 e. The third kappa shape index (κ3) is 2.08. The summed E-state index contributed by atoms with van der Waals surface area (Å²) in [5.41, 5.74) is 7.54. The molecule has 0 radical (unpaired) electrons. The molecule has 0 aliphatic heterocycles. The zero-order chi connectivity index (χ0) is 11.7. The molecule has 0 heterocycles. The number of benzene rings is 2. The van der Waals surface area contributed by atoms with Crippen LogP contribution in [0, 0.1) is 0 Å². The Morgan fingerprint density at radius 2 is 1.62 bits per heavy atom. The fraction of sp³-hybridized carbons (Fsp3) is 0. The van der Waals surface area contributed by atoms with Crippen molar-refractivity contribution >= 4 is 28.9 Å². The molecular formula is C12H9Cl2NO. The second-order valence-electron chi connectivity index (χ2n) is 3.40. The number of nitrogen functional groups attached to an aromatic ring is 1. The Morgan fingerprint density at radius 1 is 1.00 bits per heavy atom. The summed E-state index contributed by atoms with van der Waals surface area (Å²) in [6.07, 6.45) is 0. The van der Waals surface area contributed by atoms with Gasteiger partial charge < -0.3 is 10.8 Å². The average Bonchev–Trinajstić information content (AvgIpc) is 2.15. The minimum absolute atomic E-state index is 0.110. The van der Waals surface area contributed by atoms with Gasteiger partial charge in [-0.2, -0.15) is 0 Å². The van der Waals surface area contributed by atoms with Gasteiger partial charge in [0.05, 0.1) is 0 Å². The van der Waals surface area contributed by atoms with Crippen LogP contribution in [-0.4, -0.2) is 5.11 Å². The molecule has 0 aliphatic carbocycles. The van der Waals surface area contributed by atoms with Crippen molar-refractivity contribution in [2.45, 2.75) is 0 Å². The summed E-state index contributed by atoms with van der Waals surface area (Å²) in [5, 5.41) is 10.8. The lowest BCUT2D eigenvalue weighted by atomic mass is 10.0. The molecule has 16 heavy (non-hydrogen) atoms. The van der Waals surface area contributed by atoms with Gasteiger partial charge in [-0.3, -0.25) is 0 Å². The van der Waals surface area contributed by atoms with E-state index in [1.807, 2.05) is 0 Å². The van der Waals surface area contributed by atoms with Gasteiger partial charge in [-0.15, -0.1) is 0 Å². The summed E-state index contributed by atoms with van der Waals surface area (Å²) >= 11 is 11.8. The highest BCUT2D eigenvalue weighted by Crippen LogP contribution is 2.36. The number of anilines is 1. The van der Waals surface area contributed by atoms with Gasteiger partial charge in [0.2, 0.25) is 0 Å². The van der Waals surface area contributed by atoms with Gasteiger partial charge in [0.25, 0.3) is 0 Å². The number of phenolic OH excluding ortho intramolecular Hbond substituents is 1. The quantitative estimate of drug-likeness (QED) is 0.757. The number of aromatic hydroxyl groups is 1. The maximum atomic E-state index is 9.76. The molecule has 0 saturated carbocycles. The monoisotopic (exact) mass is 253 g/mol. The summed E-state index contributed by atoms with van der Waals surface area (Å²) in [4.78, 5) is 0. The smallest absolute Gasteiger partial charge is 0.125 e. The van der Waals surface area contributed by atoms with Crippen molar-refractivity contribution in [1.82, 2.24) is 0 Å². The lowest BCUT2D eigenvalue weighted by molar-refractivity contribution is 0.477. The fourth-order valence-corrected chi connectivity index (χ4v) is 2.10. The van der Waals surface area contributed by atoms with Crippen LogP contribution in [0.15, 0.2) is 36.4 Å². The van der Waals surface area contributed by atoms with Crippen LogP contribution >= 0.6 is 23.2 Å². The lowest BCUT2D eigenvalue weighted by Gasteiger charge is -2.09. The molecule has 2 rings (SSSR count). The van der Waals surface area contributed by atoms with E-state index in [4.69, 9.17) is 28.9 Å². The third-order valence-corrected chi connectivity index (χ3v) is 2.66. The zero-order valence-electron chi connectivity index (χ0n) is 8.24. The highest BCUT2D eigenvalue weighted by molar-refractivity contribution is 6.35. The molecule has 0 amide bonds. The topological polar surface area (TPSA) is 46.2 Å². The van der Waals surface area contributed by atoms with Crippen molar-refractivity contribution in [1.29, 1.82) is 0 Å². The van der Waals surface area contributed by atoms with Crippen molar-refractivity contribution in [3.63, 3.8) is 0 Å². The SMILES string of the molecule is Nc1cccc(O)c1-c1cc(Cl)cc(Cl)c1. The van der Waals surface area contributed by atoms with Crippen LogP contribution in [0.25, 0.3) is 11.1 Å². The molecule has 4 heteroatoms. The van der Waals surface area contributed by atoms with Crippen LogP contribution in [-0.2, 0) is 0 Å². The van der Waals surface area contributed by atoms with Crippen LogP contribution < -0.4 is 5.73 Å². The first-order chi connectivity index (χ1) is 7.58. The Morgan fingerprint density at radius 3 is 2.19 bits per heavy atom. The van der Waals surface area contributed by atoms with E-state index in [0.717, 1.165) is 0 Å². The predicted molar refractivity (Wildman–Crippen MR) is 68.0 cm³/mol. The molecule has 2 nitrogen and oxygen atoms in total. The fourth-order valence-electron chi connectivity index (χ4n) is 1.57. The first-order valence-electron chi connectivity index (χ1n) is 4.62. The van der Waals surface area contributed by atoms with Gasteiger partial charge in [-0.1, -0.05) is 29.3 Å². The molecule has 0 atom stereocenters. The van der Waals surface area contributed by atoms with E-state index in [0.29, 0.717) is 26.9 Å². The maximum Gasteiger partial charge on any atom is 0.125 e. The number of hydrogen-bond acceptors (Lipinski definition) is 2. The Hall–Kier alpha value is -1.38. The second kappa shape index (κ2) is 4.24. The second-order valence-corrected chi connectivity index (χ2v) is 4.27. The van der Waals surface area contributed by atoms with E-state index < -0.39 is 0 Å². The Labute approximate surface area is 103 Å². The molecule has 0 fully saturated rings. The van der Waals surface area contributed by atoms with Gasteiger partial charge in [-0.25, -0.2) is 0 Å². The molecule has 2 aromatic carbocycles. The van der Waals surface area contributed by atoms with E-state index in [2.05, 4.69) is 0 Å². The molecule has 2 aromatic rings. The Balaban J connectivity index is 2.67. The van der Waals surface area contributed by atoms with Gasteiger partial charge in [0.1, 0.15) is 5.75 Å². The predicted octanol–water partition coefficient (Wildman–Crippen LogP) is 3.95. The Bertz CT molecular complexity index is 500. The van der Waals surface area contributed by atoms with Crippen molar-refractivity contribution < 1.29 is 5.11 Å². The van der Waals surface area contributed by atoms with Crippen molar-refractivity contribution in [2.75, 3.05) is 5.73 Å². The summed E-state index contributed by atoms with van der Waals surface area (Å²) in [5.74, 6) is 0.110. The van der Waals surface area contributed by atoms with Crippen molar-refractivity contribution in [3.8, 4) is 16.9 Å². The molecule has 82 valence electrons. The van der Waals surface area contributed by atoms with Gasteiger partial charge in [0.15, 0.2) is 0 Å². The van der Waals surface area contributed by atoms with E-state index >= 15 is 0 Å². The van der Waals surface area contributed by atoms with Crippen LogP contribution in [0.2, 0.25) is 10.0 Å². The molecule has 0 aliphatic rings. The van der Waals surface area contributed by atoms with Crippen molar-refractivity contribution in [3.05, 3.63) is 46.4 Å². The number of rotatable bonds is 1. The van der Waals surface area contributed by atoms with Gasteiger partial charge in [-0.05, 0) is 35.9 Å². The molecule has 0 aromatic heterocycles. The van der Waals surface area contributed by atoms with Crippen LogP contribution in [0.4, 0.5) is 5.69 Å². The zero-order valence-corrected chi connectivity index (χ0v) is 9.76. The number of halogens is 2. The van der Waals surface area contributed by atoms with Crippen LogP contribution in [0.3, 0.4) is 0 Å². The summed E-state index contributed by atoms with van der Waals surface area (Å²) < 4.78 is 0. The van der Waals surface area contributed by atoms with E-state index in [1.54, 1.807) is 36.4 Å². The van der Waals surface area contributed by atoms with Crippen LogP contribution in [0.1, 0.15) is 0 Å². The van der Waals surface area contributed by atoms with Crippen LogP contribution in [0.5, 0.6) is 5.75 Å². The normalized spacial score (nSPS) is 10.4. The molecule has 0 unspecified atom stereocenters. The molecule has 0 saturated heterocycles. The highest BCUT2D eigenvalue weighted by Gasteiger charge is 2.09. The summed E-state index contributed by atoms with van der Waals surface area (Å²) in [6, 6.07) is 10.0. The molecule has 0 spiro atoms. The number of hydrogen-bond donors (Lipinski definition) is 2. The van der Waals surface area contributed by atoms with Gasteiger partial charge >= 0.3 is 0 Å².